The lowest BCUT2D eigenvalue weighted by molar-refractivity contribution is -0.123. The number of carbonyl (C=O) groups is 3. The Hall–Kier alpha value is -5.03. The summed E-state index contributed by atoms with van der Waals surface area (Å²) in [5.41, 5.74) is 3.49. The highest BCUT2D eigenvalue weighted by Crippen LogP contribution is 2.20. The Labute approximate surface area is 235 Å². The fraction of sp³-hybridized carbons (Fsp3) is 0.143. The lowest BCUT2D eigenvalue weighted by Crippen LogP contribution is -2.44. The molecule has 204 valence electrons. The first kappa shape index (κ1) is 28.0. The van der Waals surface area contributed by atoms with Gasteiger partial charge in [0.15, 0.2) is 0 Å². The van der Waals surface area contributed by atoms with Crippen LogP contribution in [0.2, 0.25) is 5.02 Å². The first-order valence-corrected chi connectivity index (χ1v) is 12.6. The highest BCUT2D eigenvalue weighted by molar-refractivity contribution is 6.30. The van der Waals surface area contributed by atoms with E-state index in [0.29, 0.717) is 22.0 Å². The third-order valence-corrected chi connectivity index (χ3v) is 5.99. The van der Waals surface area contributed by atoms with Crippen molar-refractivity contribution in [1.29, 1.82) is 0 Å². The quantitative estimate of drug-likeness (QED) is 0.252. The molecule has 12 heteroatoms. The number of amides is 3. The van der Waals surface area contributed by atoms with Gasteiger partial charge >= 0.3 is 6.09 Å². The van der Waals surface area contributed by atoms with E-state index in [1.165, 1.54) is 24.2 Å². The van der Waals surface area contributed by atoms with Gasteiger partial charge in [0.1, 0.15) is 12.4 Å². The van der Waals surface area contributed by atoms with Crippen molar-refractivity contribution in [2.45, 2.75) is 19.0 Å². The first-order chi connectivity index (χ1) is 19.4. The van der Waals surface area contributed by atoms with Crippen LogP contribution < -0.4 is 16.0 Å². The summed E-state index contributed by atoms with van der Waals surface area (Å²) in [4.78, 5) is 37.5. The van der Waals surface area contributed by atoms with Crippen molar-refractivity contribution in [2.24, 2.45) is 0 Å². The van der Waals surface area contributed by atoms with Crippen molar-refractivity contribution < 1.29 is 19.1 Å². The normalized spacial score (nSPS) is 11.6. The number of alkyl carbamates (subject to hydrolysis) is 1. The van der Waals surface area contributed by atoms with Crippen molar-refractivity contribution in [2.75, 3.05) is 12.4 Å². The number of benzene rings is 3. The summed E-state index contributed by atoms with van der Waals surface area (Å²) in [6.07, 6.45) is 4.08. The molecule has 0 spiro atoms. The summed E-state index contributed by atoms with van der Waals surface area (Å²) >= 11 is 6.16. The fourth-order valence-electron chi connectivity index (χ4n) is 3.77. The summed E-state index contributed by atoms with van der Waals surface area (Å²) in [6.45, 7) is 0.279. The number of hydrogen-bond acceptors (Lipinski definition) is 7. The smallest absolute Gasteiger partial charge is 0.407 e. The average molecular weight is 560 g/mol. The van der Waals surface area contributed by atoms with Crippen LogP contribution in [0.1, 0.15) is 16.7 Å². The molecule has 3 amide bonds. The van der Waals surface area contributed by atoms with E-state index < -0.39 is 18.0 Å². The lowest BCUT2D eigenvalue weighted by Gasteiger charge is -2.18. The number of rotatable bonds is 10. The average Bonchev–Trinajstić information content (AvgIpc) is 3.50. The van der Waals surface area contributed by atoms with Gasteiger partial charge in [0.05, 0.1) is 12.8 Å². The minimum atomic E-state index is -0.862. The number of aromatic nitrogens is 4. The molecule has 1 aromatic heterocycles. The molecule has 0 bridgehead atoms. The van der Waals surface area contributed by atoms with Gasteiger partial charge in [-0.25, -0.2) is 4.79 Å². The molecule has 40 heavy (non-hydrogen) atoms. The predicted molar refractivity (Wildman–Crippen MR) is 150 cm³/mol. The van der Waals surface area contributed by atoms with E-state index >= 15 is 0 Å². The number of ether oxygens (including phenoxy) is 1. The minimum Gasteiger partial charge on any atom is -0.453 e. The Bertz CT molecular complexity index is 1480. The lowest BCUT2D eigenvalue weighted by atomic mass is 10.0. The maximum atomic E-state index is 13.3. The van der Waals surface area contributed by atoms with Crippen LogP contribution in [-0.4, -0.2) is 51.3 Å². The Morgan fingerprint density at radius 2 is 1.80 bits per heavy atom. The van der Waals surface area contributed by atoms with Crippen molar-refractivity contribution in [1.82, 2.24) is 30.8 Å². The van der Waals surface area contributed by atoms with Crippen molar-refractivity contribution >= 4 is 41.3 Å². The SMILES string of the molecule is COC(=O)NCc1ccc(NC(=O)[C@H](Cc2ccccc2)NC(=O)C=Cc2cc(Cl)ccc2-n2cnnn2)cc1. The standard InChI is InChI=1S/C28H26ClN7O4/c1-40-28(39)30-17-20-7-11-23(12-8-20)32-27(38)24(15-19-5-3-2-4-6-19)33-26(37)14-9-21-16-22(29)10-13-25(21)36-18-31-34-35-36/h2-14,16,18,24H,15,17H2,1H3,(H,30,39)(H,32,38)(H,33,37)/t24-/m0/s1. The van der Waals surface area contributed by atoms with Crippen LogP contribution in [0.25, 0.3) is 11.8 Å². The van der Waals surface area contributed by atoms with Crippen LogP contribution in [0, 0.1) is 0 Å². The van der Waals surface area contributed by atoms with Crippen LogP contribution in [0.5, 0.6) is 0 Å². The van der Waals surface area contributed by atoms with E-state index in [-0.39, 0.29) is 18.9 Å². The van der Waals surface area contributed by atoms with E-state index in [0.717, 1.165) is 11.1 Å². The summed E-state index contributed by atoms with van der Waals surface area (Å²) < 4.78 is 6.02. The number of hydrogen-bond donors (Lipinski definition) is 3. The van der Waals surface area contributed by atoms with Crippen molar-refractivity contribution in [3.63, 3.8) is 0 Å². The molecule has 0 saturated heterocycles. The summed E-state index contributed by atoms with van der Waals surface area (Å²) in [7, 11) is 1.29. The van der Waals surface area contributed by atoms with Gasteiger partial charge in [0, 0.05) is 35.3 Å². The number of halogens is 1. The maximum Gasteiger partial charge on any atom is 0.407 e. The second kappa shape index (κ2) is 13.7. The van der Waals surface area contributed by atoms with Gasteiger partial charge in [-0.3, -0.25) is 9.59 Å². The van der Waals surface area contributed by atoms with Gasteiger partial charge in [0.2, 0.25) is 11.8 Å². The van der Waals surface area contributed by atoms with E-state index in [9.17, 15) is 14.4 Å². The monoisotopic (exact) mass is 559 g/mol. The molecule has 0 aliphatic carbocycles. The number of carbonyl (C=O) groups excluding carboxylic acids is 3. The molecule has 0 aliphatic heterocycles. The summed E-state index contributed by atoms with van der Waals surface area (Å²) in [5, 5.41) is 19.9. The number of nitrogens with zero attached hydrogens (tertiary/aromatic N) is 4. The van der Waals surface area contributed by atoms with Crippen LogP contribution in [0.15, 0.2) is 85.2 Å². The Morgan fingerprint density at radius 1 is 1.02 bits per heavy atom. The molecule has 3 N–H and O–H groups in total. The number of methoxy groups -OCH3 is 1. The van der Waals surface area contributed by atoms with E-state index in [1.54, 1.807) is 48.5 Å². The molecule has 4 rings (SSSR count). The molecule has 3 aromatic carbocycles. The topological polar surface area (TPSA) is 140 Å². The number of tetrazole rings is 1. The van der Waals surface area contributed by atoms with E-state index in [1.807, 2.05) is 30.3 Å². The maximum absolute atomic E-state index is 13.3. The molecule has 0 radical (unpaired) electrons. The summed E-state index contributed by atoms with van der Waals surface area (Å²) in [6, 6.07) is 20.6. The largest absolute Gasteiger partial charge is 0.453 e. The molecule has 0 unspecified atom stereocenters. The van der Waals surface area contributed by atoms with E-state index in [2.05, 4.69) is 36.2 Å². The zero-order chi connectivity index (χ0) is 28.3. The van der Waals surface area contributed by atoms with Gasteiger partial charge < -0.3 is 20.7 Å². The molecule has 4 aromatic rings. The number of anilines is 1. The second-order valence-corrected chi connectivity index (χ2v) is 9.01. The second-order valence-electron chi connectivity index (χ2n) is 8.57. The molecule has 0 aliphatic rings. The third kappa shape index (κ3) is 7.98. The number of nitrogens with one attached hydrogen (secondary N) is 3. The molecule has 1 atom stereocenters. The van der Waals surface area contributed by atoms with Gasteiger partial charge in [-0.1, -0.05) is 54.1 Å². The van der Waals surface area contributed by atoms with Crippen molar-refractivity contribution in [3.05, 3.63) is 107 Å². The highest BCUT2D eigenvalue weighted by Gasteiger charge is 2.21. The third-order valence-electron chi connectivity index (χ3n) is 5.76. The molecule has 1 heterocycles. The van der Waals surface area contributed by atoms with Crippen LogP contribution in [0.4, 0.5) is 10.5 Å². The van der Waals surface area contributed by atoms with Gasteiger partial charge in [-0.05, 0) is 58.0 Å². The Balaban J connectivity index is 1.46. The van der Waals surface area contributed by atoms with E-state index in [4.69, 9.17) is 11.6 Å². The zero-order valence-electron chi connectivity index (χ0n) is 21.5. The van der Waals surface area contributed by atoms with Gasteiger partial charge in [-0.2, -0.15) is 4.68 Å². The first-order valence-electron chi connectivity index (χ1n) is 12.2. The molecular weight excluding hydrogens is 534 g/mol. The molecule has 11 nitrogen and oxygen atoms in total. The predicted octanol–water partition coefficient (Wildman–Crippen LogP) is 3.55. The highest BCUT2D eigenvalue weighted by atomic mass is 35.5. The summed E-state index contributed by atoms with van der Waals surface area (Å²) in [5.74, 6) is -0.855. The van der Waals surface area contributed by atoms with Crippen molar-refractivity contribution in [3.8, 4) is 5.69 Å². The van der Waals surface area contributed by atoms with Crippen LogP contribution >= 0.6 is 11.6 Å². The zero-order valence-corrected chi connectivity index (χ0v) is 22.2. The minimum absolute atomic E-state index is 0.278. The van der Waals surface area contributed by atoms with Crippen LogP contribution in [0.3, 0.4) is 0 Å². The molecule has 0 fully saturated rings. The molecular formula is C28H26ClN7O4. The Morgan fingerprint density at radius 3 is 2.50 bits per heavy atom. The van der Waals surface area contributed by atoms with Crippen LogP contribution in [-0.2, 0) is 27.3 Å². The Kier molecular flexibility index (Phi) is 9.57. The molecule has 0 saturated carbocycles. The van der Waals surface area contributed by atoms with Gasteiger partial charge in [-0.15, -0.1) is 5.10 Å². The fourth-order valence-corrected chi connectivity index (χ4v) is 3.95. The van der Waals surface area contributed by atoms with Gasteiger partial charge in [0.25, 0.3) is 0 Å².